The van der Waals surface area contributed by atoms with Crippen LogP contribution in [-0.4, -0.2) is 0 Å². The fourth-order valence-corrected chi connectivity index (χ4v) is 2.23. The normalized spacial score (nSPS) is 12.4. The minimum absolute atomic E-state index is 0.375. The van der Waals surface area contributed by atoms with Gasteiger partial charge in [0.2, 0.25) is 0 Å². The second-order valence-corrected chi connectivity index (χ2v) is 5.44. The molecule has 1 N–H and O–H groups in total. The molecule has 0 fully saturated rings. The lowest BCUT2D eigenvalue weighted by atomic mass is 10.0. The van der Waals surface area contributed by atoms with Crippen LogP contribution in [-0.2, 0) is 6.54 Å². The Bertz CT molecular complexity index is 540. The molecular weight excluding hydrogens is 230 g/mol. The van der Waals surface area contributed by atoms with Gasteiger partial charge in [0.05, 0.1) is 0 Å². The van der Waals surface area contributed by atoms with Crippen LogP contribution in [0.4, 0.5) is 0 Å². The van der Waals surface area contributed by atoms with Crippen molar-refractivity contribution < 1.29 is 0 Å². The van der Waals surface area contributed by atoms with Gasteiger partial charge in [0.15, 0.2) is 0 Å². The fraction of sp³-hybridized carbons (Fsp3) is 0.333. The Balaban J connectivity index is 2.02. The predicted octanol–water partition coefficient (Wildman–Crippen LogP) is 4.46. The average molecular weight is 253 g/mol. The van der Waals surface area contributed by atoms with Gasteiger partial charge in [0, 0.05) is 12.6 Å². The van der Waals surface area contributed by atoms with Crippen LogP contribution < -0.4 is 5.32 Å². The molecule has 0 radical (unpaired) electrons. The van der Waals surface area contributed by atoms with Crippen LogP contribution in [0.25, 0.3) is 0 Å². The summed E-state index contributed by atoms with van der Waals surface area (Å²) in [5, 5.41) is 3.60. The van der Waals surface area contributed by atoms with E-state index in [-0.39, 0.29) is 0 Å². The van der Waals surface area contributed by atoms with Gasteiger partial charge in [-0.25, -0.2) is 0 Å². The first-order valence-corrected chi connectivity index (χ1v) is 6.92. The van der Waals surface area contributed by atoms with Crippen LogP contribution >= 0.6 is 0 Å². The SMILES string of the molecule is Cc1ccc([C@H](C)NCc2cc(C)ccc2C)cc1. The zero-order valence-electron chi connectivity index (χ0n) is 12.3. The molecule has 1 atom stereocenters. The van der Waals surface area contributed by atoms with E-state index in [1.165, 1.54) is 27.8 Å². The summed E-state index contributed by atoms with van der Waals surface area (Å²) < 4.78 is 0. The lowest BCUT2D eigenvalue weighted by molar-refractivity contribution is 0.573. The van der Waals surface area contributed by atoms with Crippen LogP contribution in [0.15, 0.2) is 42.5 Å². The average Bonchev–Trinajstić information content (AvgIpc) is 2.40. The molecule has 0 aromatic heterocycles. The molecule has 0 spiro atoms. The maximum atomic E-state index is 3.60. The summed E-state index contributed by atoms with van der Waals surface area (Å²) in [5.74, 6) is 0. The molecule has 0 bridgehead atoms. The molecule has 0 saturated carbocycles. The van der Waals surface area contributed by atoms with Gasteiger partial charge < -0.3 is 5.32 Å². The van der Waals surface area contributed by atoms with E-state index in [2.05, 4.69) is 75.5 Å². The van der Waals surface area contributed by atoms with E-state index in [9.17, 15) is 0 Å². The predicted molar refractivity (Wildman–Crippen MR) is 82.3 cm³/mol. The minimum atomic E-state index is 0.375. The first-order chi connectivity index (χ1) is 9.06. The van der Waals surface area contributed by atoms with Gasteiger partial charge in [-0.15, -0.1) is 0 Å². The third kappa shape index (κ3) is 3.68. The van der Waals surface area contributed by atoms with Crippen LogP contribution in [0.2, 0.25) is 0 Å². The highest BCUT2D eigenvalue weighted by Crippen LogP contribution is 2.16. The first kappa shape index (κ1) is 13.8. The standard InChI is InChI=1S/C18H23N/c1-13-6-9-17(10-7-13)16(4)19-12-18-11-14(2)5-8-15(18)3/h5-11,16,19H,12H2,1-4H3/t16-/m0/s1. The van der Waals surface area contributed by atoms with Crippen LogP contribution in [0.5, 0.6) is 0 Å². The third-order valence-corrected chi connectivity index (χ3v) is 3.68. The Hall–Kier alpha value is -1.60. The summed E-state index contributed by atoms with van der Waals surface area (Å²) in [6, 6.07) is 15.8. The zero-order chi connectivity index (χ0) is 13.8. The van der Waals surface area contributed by atoms with E-state index in [0.717, 1.165) is 6.54 Å². The zero-order valence-corrected chi connectivity index (χ0v) is 12.3. The maximum Gasteiger partial charge on any atom is 0.0294 e. The second kappa shape index (κ2) is 6.03. The highest BCUT2D eigenvalue weighted by molar-refractivity contribution is 5.30. The lowest BCUT2D eigenvalue weighted by Gasteiger charge is -2.16. The van der Waals surface area contributed by atoms with E-state index in [1.54, 1.807) is 0 Å². The minimum Gasteiger partial charge on any atom is -0.306 e. The van der Waals surface area contributed by atoms with Gasteiger partial charge in [-0.2, -0.15) is 0 Å². The number of nitrogens with one attached hydrogen (secondary N) is 1. The van der Waals surface area contributed by atoms with E-state index in [1.807, 2.05) is 0 Å². The van der Waals surface area contributed by atoms with E-state index >= 15 is 0 Å². The molecular formula is C18H23N. The first-order valence-electron chi connectivity index (χ1n) is 6.92. The molecule has 0 saturated heterocycles. The topological polar surface area (TPSA) is 12.0 Å². The summed E-state index contributed by atoms with van der Waals surface area (Å²) in [7, 11) is 0. The fourth-order valence-electron chi connectivity index (χ4n) is 2.23. The molecule has 19 heavy (non-hydrogen) atoms. The Morgan fingerprint density at radius 2 is 1.53 bits per heavy atom. The third-order valence-electron chi connectivity index (χ3n) is 3.68. The molecule has 1 heteroatoms. The van der Waals surface area contributed by atoms with Gasteiger partial charge in [-0.3, -0.25) is 0 Å². The van der Waals surface area contributed by atoms with Crippen molar-refractivity contribution in [1.29, 1.82) is 0 Å². The molecule has 2 aromatic carbocycles. The molecule has 0 heterocycles. The Morgan fingerprint density at radius 3 is 2.21 bits per heavy atom. The Labute approximate surface area is 116 Å². The number of aryl methyl sites for hydroxylation is 3. The summed E-state index contributed by atoms with van der Waals surface area (Å²) in [6.07, 6.45) is 0. The van der Waals surface area contributed by atoms with Gasteiger partial charge in [-0.05, 0) is 44.4 Å². The number of hydrogen-bond donors (Lipinski definition) is 1. The van der Waals surface area contributed by atoms with Crippen molar-refractivity contribution in [2.45, 2.75) is 40.3 Å². The highest BCUT2D eigenvalue weighted by Gasteiger charge is 2.05. The van der Waals surface area contributed by atoms with Crippen molar-refractivity contribution in [3.05, 3.63) is 70.3 Å². The van der Waals surface area contributed by atoms with Crippen molar-refractivity contribution in [3.63, 3.8) is 0 Å². The summed E-state index contributed by atoms with van der Waals surface area (Å²) in [5.41, 5.74) is 6.72. The molecule has 2 aromatic rings. The molecule has 0 aliphatic rings. The second-order valence-electron chi connectivity index (χ2n) is 5.44. The molecule has 100 valence electrons. The smallest absolute Gasteiger partial charge is 0.0294 e. The van der Waals surface area contributed by atoms with Gasteiger partial charge >= 0.3 is 0 Å². The Kier molecular flexibility index (Phi) is 4.39. The molecule has 0 unspecified atom stereocenters. The number of benzene rings is 2. The summed E-state index contributed by atoms with van der Waals surface area (Å²) >= 11 is 0. The van der Waals surface area contributed by atoms with Crippen molar-refractivity contribution in [1.82, 2.24) is 5.32 Å². The molecule has 1 nitrogen and oxygen atoms in total. The Morgan fingerprint density at radius 1 is 0.895 bits per heavy atom. The van der Waals surface area contributed by atoms with Gasteiger partial charge in [0.25, 0.3) is 0 Å². The highest BCUT2D eigenvalue weighted by atomic mass is 14.9. The maximum absolute atomic E-state index is 3.60. The van der Waals surface area contributed by atoms with Crippen LogP contribution in [0.1, 0.15) is 40.8 Å². The molecule has 2 rings (SSSR count). The van der Waals surface area contributed by atoms with Crippen LogP contribution in [0, 0.1) is 20.8 Å². The van der Waals surface area contributed by atoms with E-state index < -0.39 is 0 Å². The quantitative estimate of drug-likeness (QED) is 0.848. The van der Waals surface area contributed by atoms with Crippen molar-refractivity contribution >= 4 is 0 Å². The monoisotopic (exact) mass is 253 g/mol. The van der Waals surface area contributed by atoms with Gasteiger partial charge in [-0.1, -0.05) is 53.6 Å². The van der Waals surface area contributed by atoms with Crippen LogP contribution in [0.3, 0.4) is 0 Å². The lowest BCUT2D eigenvalue weighted by Crippen LogP contribution is -2.18. The van der Waals surface area contributed by atoms with Crippen molar-refractivity contribution in [2.75, 3.05) is 0 Å². The number of hydrogen-bond acceptors (Lipinski definition) is 1. The van der Waals surface area contributed by atoms with Crippen molar-refractivity contribution in [2.24, 2.45) is 0 Å². The van der Waals surface area contributed by atoms with E-state index in [4.69, 9.17) is 0 Å². The largest absolute Gasteiger partial charge is 0.306 e. The van der Waals surface area contributed by atoms with Crippen molar-refractivity contribution in [3.8, 4) is 0 Å². The molecule has 0 amide bonds. The summed E-state index contributed by atoms with van der Waals surface area (Å²) in [4.78, 5) is 0. The van der Waals surface area contributed by atoms with E-state index in [0.29, 0.717) is 6.04 Å². The van der Waals surface area contributed by atoms with Gasteiger partial charge in [0.1, 0.15) is 0 Å². The molecule has 0 aliphatic heterocycles. The number of rotatable bonds is 4. The molecule has 0 aliphatic carbocycles. The summed E-state index contributed by atoms with van der Waals surface area (Å²) in [6.45, 7) is 9.58.